The van der Waals surface area contributed by atoms with Crippen LogP contribution in [0.3, 0.4) is 0 Å². The summed E-state index contributed by atoms with van der Waals surface area (Å²) < 4.78 is 7.16. The van der Waals surface area contributed by atoms with Crippen LogP contribution in [0.15, 0.2) is 55.0 Å². The van der Waals surface area contributed by atoms with Crippen molar-refractivity contribution in [2.75, 3.05) is 25.5 Å². The number of hydrogen-bond acceptors (Lipinski definition) is 5. The Kier molecular flexibility index (Phi) is 5.86. The molecule has 1 amide bonds. The molecule has 0 spiro atoms. The normalized spacial score (nSPS) is 16.0. The summed E-state index contributed by atoms with van der Waals surface area (Å²) in [6.07, 6.45) is 7.23. The van der Waals surface area contributed by atoms with Gasteiger partial charge in [-0.25, -0.2) is 4.68 Å². The molecular weight excluding hydrogens is 366 g/mol. The molecule has 0 aliphatic carbocycles. The number of para-hydroxylation sites is 1. The van der Waals surface area contributed by atoms with Crippen molar-refractivity contribution in [3.63, 3.8) is 0 Å². The van der Waals surface area contributed by atoms with Gasteiger partial charge in [0.15, 0.2) is 0 Å². The molecule has 1 saturated heterocycles. The number of pyridine rings is 1. The van der Waals surface area contributed by atoms with E-state index in [1.54, 1.807) is 30.3 Å². The number of benzene rings is 1. The molecule has 1 aliphatic heterocycles. The van der Waals surface area contributed by atoms with Crippen LogP contribution in [0.2, 0.25) is 0 Å². The number of methoxy groups -OCH3 is 1. The van der Waals surface area contributed by atoms with Crippen LogP contribution in [0.5, 0.6) is 5.75 Å². The van der Waals surface area contributed by atoms with E-state index in [9.17, 15) is 4.79 Å². The lowest BCUT2D eigenvalue weighted by Gasteiger charge is -2.12. The second kappa shape index (κ2) is 8.87. The first-order valence-electron chi connectivity index (χ1n) is 9.82. The number of ether oxygens (including phenoxy) is 1. The molecule has 3 heterocycles. The van der Waals surface area contributed by atoms with E-state index in [0.717, 1.165) is 36.4 Å². The maximum Gasteiger partial charge on any atom is 0.258 e. The maximum absolute atomic E-state index is 12.8. The Bertz CT molecular complexity index is 979. The van der Waals surface area contributed by atoms with Crippen LogP contribution in [-0.2, 0) is 13.0 Å². The predicted molar refractivity (Wildman–Crippen MR) is 111 cm³/mol. The van der Waals surface area contributed by atoms with Crippen LogP contribution in [0.1, 0.15) is 27.9 Å². The summed E-state index contributed by atoms with van der Waals surface area (Å²) in [5.74, 6) is 1.84. The lowest BCUT2D eigenvalue weighted by Crippen LogP contribution is -2.17. The number of aromatic nitrogens is 3. The van der Waals surface area contributed by atoms with Gasteiger partial charge in [-0.3, -0.25) is 9.78 Å². The molecule has 2 N–H and O–H groups in total. The van der Waals surface area contributed by atoms with E-state index in [1.165, 1.54) is 6.42 Å². The summed E-state index contributed by atoms with van der Waals surface area (Å²) in [6, 6.07) is 11.5. The lowest BCUT2D eigenvalue weighted by atomic mass is 9.99. The van der Waals surface area contributed by atoms with E-state index in [4.69, 9.17) is 4.74 Å². The first kappa shape index (κ1) is 19.1. The highest BCUT2D eigenvalue weighted by atomic mass is 16.5. The molecule has 1 fully saturated rings. The lowest BCUT2D eigenvalue weighted by molar-refractivity contribution is 0.102. The molecule has 3 aromatic rings. The molecule has 2 aromatic heterocycles. The fourth-order valence-corrected chi connectivity index (χ4v) is 3.69. The molecule has 1 unspecified atom stereocenters. The summed E-state index contributed by atoms with van der Waals surface area (Å²) >= 11 is 0. The molecule has 7 nitrogen and oxygen atoms in total. The number of nitrogens with one attached hydrogen (secondary N) is 2. The number of rotatable bonds is 7. The van der Waals surface area contributed by atoms with Crippen molar-refractivity contribution in [1.29, 1.82) is 0 Å². The van der Waals surface area contributed by atoms with E-state index >= 15 is 0 Å². The van der Waals surface area contributed by atoms with Gasteiger partial charge in [0.2, 0.25) is 0 Å². The van der Waals surface area contributed by atoms with E-state index in [2.05, 4.69) is 20.7 Å². The fourth-order valence-electron chi connectivity index (χ4n) is 3.69. The predicted octanol–water partition coefficient (Wildman–Crippen LogP) is 2.74. The fraction of sp³-hybridized carbons (Fsp3) is 0.318. The first-order valence-corrected chi connectivity index (χ1v) is 9.82. The summed E-state index contributed by atoms with van der Waals surface area (Å²) in [6.45, 7) is 2.59. The molecule has 0 radical (unpaired) electrons. The van der Waals surface area contributed by atoms with Gasteiger partial charge in [-0.15, -0.1) is 0 Å². The minimum Gasteiger partial charge on any atom is -0.496 e. The molecule has 1 aliphatic rings. The topological polar surface area (TPSA) is 81.1 Å². The van der Waals surface area contributed by atoms with Gasteiger partial charge in [-0.1, -0.05) is 18.2 Å². The third kappa shape index (κ3) is 4.63. The third-order valence-electron chi connectivity index (χ3n) is 5.21. The number of hydrogen-bond donors (Lipinski definition) is 2. The van der Waals surface area contributed by atoms with Gasteiger partial charge >= 0.3 is 0 Å². The van der Waals surface area contributed by atoms with Gasteiger partial charge in [0.1, 0.15) is 11.6 Å². The van der Waals surface area contributed by atoms with Gasteiger partial charge in [0, 0.05) is 24.0 Å². The van der Waals surface area contributed by atoms with Crippen LogP contribution >= 0.6 is 0 Å². The highest BCUT2D eigenvalue weighted by Crippen LogP contribution is 2.21. The van der Waals surface area contributed by atoms with Gasteiger partial charge in [-0.05, 0) is 49.5 Å². The van der Waals surface area contributed by atoms with Crippen LogP contribution < -0.4 is 15.4 Å². The standard InChI is InChI=1S/C22H25N5O2/c1-29-20-5-3-2-4-18(20)15-27-21(7-9-25-27)26-22(28)19-11-17(13-24-14-19)10-16-6-8-23-12-16/h2-5,7,9,11,13-14,16,23H,6,8,10,12,15H2,1H3,(H,26,28). The number of anilines is 1. The number of nitrogens with zero attached hydrogens (tertiary/aromatic N) is 3. The molecule has 1 atom stereocenters. The Morgan fingerprint density at radius 2 is 2.21 bits per heavy atom. The summed E-state index contributed by atoms with van der Waals surface area (Å²) in [4.78, 5) is 17.1. The molecule has 7 heteroatoms. The molecule has 29 heavy (non-hydrogen) atoms. The van der Waals surface area contributed by atoms with Gasteiger partial charge in [0.05, 0.1) is 25.4 Å². The Balaban J connectivity index is 1.46. The Labute approximate surface area is 170 Å². The molecule has 150 valence electrons. The highest BCUT2D eigenvalue weighted by Gasteiger charge is 2.17. The summed E-state index contributed by atoms with van der Waals surface area (Å²) in [7, 11) is 1.65. The number of carbonyl (C=O) groups excluding carboxylic acids is 1. The monoisotopic (exact) mass is 391 g/mol. The summed E-state index contributed by atoms with van der Waals surface area (Å²) in [5, 5.41) is 10.7. The molecule has 4 rings (SSSR count). The highest BCUT2D eigenvalue weighted by molar-refractivity contribution is 6.03. The molecule has 0 saturated carbocycles. The second-order valence-corrected chi connectivity index (χ2v) is 7.28. The zero-order valence-corrected chi connectivity index (χ0v) is 16.5. The van der Waals surface area contributed by atoms with Crippen molar-refractivity contribution < 1.29 is 9.53 Å². The van der Waals surface area contributed by atoms with E-state index < -0.39 is 0 Å². The molecule has 1 aromatic carbocycles. The smallest absolute Gasteiger partial charge is 0.258 e. The van der Waals surface area contributed by atoms with Crippen LogP contribution in [0.25, 0.3) is 0 Å². The summed E-state index contributed by atoms with van der Waals surface area (Å²) in [5.41, 5.74) is 2.63. The van der Waals surface area contributed by atoms with E-state index in [1.807, 2.05) is 36.5 Å². The average molecular weight is 391 g/mol. The number of carbonyl (C=O) groups is 1. The Morgan fingerprint density at radius 3 is 3.03 bits per heavy atom. The van der Waals surface area contributed by atoms with Crippen LogP contribution in [0, 0.1) is 5.92 Å². The van der Waals surface area contributed by atoms with Crippen molar-refractivity contribution in [1.82, 2.24) is 20.1 Å². The maximum atomic E-state index is 12.8. The Hall–Kier alpha value is -3.19. The van der Waals surface area contributed by atoms with E-state index in [0.29, 0.717) is 23.8 Å². The van der Waals surface area contributed by atoms with Crippen molar-refractivity contribution >= 4 is 11.7 Å². The Morgan fingerprint density at radius 1 is 1.31 bits per heavy atom. The zero-order valence-electron chi connectivity index (χ0n) is 16.5. The van der Waals surface area contributed by atoms with Gasteiger partial charge in [-0.2, -0.15) is 5.10 Å². The van der Waals surface area contributed by atoms with Gasteiger partial charge in [0.25, 0.3) is 5.91 Å². The zero-order chi connectivity index (χ0) is 20.1. The average Bonchev–Trinajstić information content (AvgIpc) is 3.41. The van der Waals surface area contributed by atoms with Crippen molar-refractivity contribution in [3.8, 4) is 5.75 Å². The van der Waals surface area contributed by atoms with E-state index in [-0.39, 0.29) is 5.91 Å². The van der Waals surface area contributed by atoms with Crippen molar-refractivity contribution in [3.05, 3.63) is 71.7 Å². The van der Waals surface area contributed by atoms with Gasteiger partial charge < -0.3 is 15.4 Å². The first-order chi connectivity index (χ1) is 14.2. The van der Waals surface area contributed by atoms with Crippen LogP contribution in [0.4, 0.5) is 5.82 Å². The minimum absolute atomic E-state index is 0.189. The van der Waals surface area contributed by atoms with Crippen LogP contribution in [-0.4, -0.2) is 40.9 Å². The second-order valence-electron chi connectivity index (χ2n) is 7.28. The number of amides is 1. The SMILES string of the molecule is COc1ccccc1Cn1nccc1NC(=O)c1cncc(CC2CCNC2)c1. The molecular formula is C22H25N5O2. The quantitative estimate of drug-likeness (QED) is 0.647. The largest absolute Gasteiger partial charge is 0.496 e. The minimum atomic E-state index is -0.189. The van der Waals surface area contributed by atoms with Crippen molar-refractivity contribution in [2.45, 2.75) is 19.4 Å². The molecule has 0 bridgehead atoms. The third-order valence-corrected chi connectivity index (χ3v) is 5.21. The van der Waals surface area contributed by atoms with Crippen molar-refractivity contribution in [2.24, 2.45) is 5.92 Å².